The van der Waals surface area contributed by atoms with Gasteiger partial charge >= 0.3 is 5.97 Å². The van der Waals surface area contributed by atoms with Gasteiger partial charge in [0, 0.05) is 17.9 Å². The Morgan fingerprint density at radius 2 is 1.88 bits per heavy atom. The fourth-order valence-electron chi connectivity index (χ4n) is 3.08. The molecule has 0 heterocycles. The van der Waals surface area contributed by atoms with Gasteiger partial charge in [0.1, 0.15) is 11.6 Å². The van der Waals surface area contributed by atoms with E-state index >= 15 is 0 Å². The van der Waals surface area contributed by atoms with E-state index in [4.69, 9.17) is 5.11 Å². The molecule has 0 aromatic rings. The Kier molecular flexibility index (Phi) is 6.71. The average Bonchev–Trinajstić information content (AvgIpc) is 2.47. The Bertz CT molecular complexity index is 684. The highest BCUT2D eigenvalue weighted by molar-refractivity contribution is 5.93. The van der Waals surface area contributed by atoms with E-state index in [1.165, 1.54) is 12.2 Å². The summed E-state index contributed by atoms with van der Waals surface area (Å²) < 4.78 is 0. The zero-order valence-electron chi connectivity index (χ0n) is 16.3. The molecule has 0 spiro atoms. The van der Waals surface area contributed by atoms with E-state index in [0.717, 1.165) is 0 Å². The first kappa shape index (κ1) is 21.8. The third-order valence-corrected chi connectivity index (χ3v) is 4.80. The molecule has 1 amide bonds. The molecule has 144 valence electrons. The van der Waals surface area contributed by atoms with Crippen LogP contribution < -0.4 is 5.32 Å². The van der Waals surface area contributed by atoms with Crippen molar-refractivity contribution in [2.24, 2.45) is 11.3 Å². The minimum absolute atomic E-state index is 0.0226. The number of hydrogen-bond donors (Lipinski definition) is 3. The van der Waals surface area contributed by atoms with Gasteiger partial charge in [-0.2, -0.15) is 0 Å². The third kappa shape index (κ3) is 4.91. The van der Waals surface area contributed by atoms with E-state index in [1.54, 1.807) is 39.8 Å². The first-order valence-corrected chi connectivity index (χ1v) is 8.65. The van der Waals surface area contributed by atoms with E-state index in [9.17, 15) is 19.5 Å². The van der Waals surface area contributed by atoms with Gasteiger partial charge in [0.05, 0.1) is 0 Å². The molecule has 0 saturated heterocycles. The number of ketones is 1. The fourth-order valence-corrected chi connectivity index (χ4v) is 3.08. The lowest BCUT2D eigenvalue weighted by Crippen LogP contribution is -2.48. The van der Waals surface area contributed by atoms with Crippen LogP contribution in [-0.4, -0.2) is 39.5 Å². The summed E-state index contributed by atoms with van der Waals surface area (Å²) in [6.07, 6.45) is 6.16. The fraction of sp³-hybridized carbons (Fsp3) is 0.550. The molecular formula is C20H29NO5. The average molecular weight is 363 g/mol. The van der Waals surface area contributed by atoms with Crippen molar-refractivity contribution >= 4 is 17.7 Å². The highest BCUT2D eigenvalue weighted by atomic mass is 16.4. The van der Waals surface area contributed by atoms with Gasteiger partial charge in [0.2, 0.25) is 5.91 Å². The van der Waals surface area contributed by atoms with Gasteiger partial charge < -0.3 is 15.5 Å². The molecule has 0 radical (unpaired) electrons. The number of carbonyl (C=O) groups excluding carboxylic acids is 2. The van der Waals surface area contributed by atoms with Crippen LogP contribution in [0, 0.1) is 11.3 Å². The van der Waals surface area contributed by atoms with Crippen LogP contribution in [0.25, 0.3) is 0 Å². The standard InChI is InChI=1S/C20H29NO5/c1-12(2)17(18(24)25)21-16(23)9-13(3)7-8-20(26)14(4)10-15(22)11-19(20,5)6/h7-10,12,17,26H,11H2,1-6H3,(H,21,23)(H,24,25)/b8-7+,13-9-/t17-,20-/m0/s1. The van der Waals surface area contributed by atoms with Crippen LogP contribution >= 0.6 is 0 Å². The van der Waals surface area contributed by atoms with Crippen molar-refractivity contribution in [3.05, 3.63) is 35.5 Å². The summed E-state index contributed by atoms with van der Waals surface area (Å²) in [6, 6.07) is -0.965. The molecule has 0 aliphatic heterocycles. The molecule has 26 heavy (non-hydrogen) atoms. The maximum Gasteiger partial charge on any atom is 0.326 e. The quantitative estimate of drug-likeness (QED) is 0.496. The minimum atomic E-state index is -1.30. The topological polar surface area (TPSA) is 104 Å². The maximum absolute atomic E-state index is 12.0. The molecule has 1 aliphatic rings. The summed E-state index contributed by atoms with van der Waals surface area (Å²) in [5.74, 6) is -1.86. The normalized spacial score (nSPS) is 24.5. The van der Waals surface area contributed by atoms with Crippen LogP contribution in [0.5, 0.6) is 0 Å². The SMILES string of the molecule is CC1=CC(=O)CC(C)(C)[C@]1(O)/C=C/C(C)=C\C(=O)N[C@H](C(=O)O)C(C)C. The van der Waals surface area contributed by atoms with E-state index < -0.39 is 28.9 Å². The molecule has 0 fully saturated rings. The molecular weight excluding hydrogens is 334 g/mol. The number of aliphatic carboxylic acids is 1. The molecule has 6 nitrogen and oxygen atoms in total. The third-order valence-electron chi connectivity index (χ3n) is 4.80. The number of allylic oxidation sites excluding steroid dienone is 3. The zero-order chi connectivity index (χ0) is 20.3. The predicted octanol–water partition coefficient (Wildman–Crippen LogP) is 2.39. The van der Waals surface area contributed by atoms with Gasteiger partial charge in [-0.15, -0.1) is 0 Å². The summed E-state index contributed by atoms with van der Waals surface area (Å²) in [4.78, 5) is 34.9. The number of carboxylic acids is 1. The molecule has 6 heteroatoms. The Morgan fingerprint density at radius 1 is 1.31 bits per heavy atom. The summed E-state index contributed by atoms with van der Waals surface area (Å²) in [5.41, 5.74) is -0.857. The van der Waals surface area contributed by atoms with Crippen molar-refractivity contribution in [3.63, 3.8) is 0 Å². The maximum atomic E-state index is 12.0. The number of hydrogen-bond acceptors (Lipinski definition) is 4. The van der Waals surface area contributed by atoms with Gasteiger partial charge in [0.15, 0.2) is 5.78 Å². The van der Waals surface area contributed by atoms with Crippen LogP contribution in [0.3, 0.4) is 0 Å². The smallest absolute Gasteiger partial charge is 0.326 e. The van der Waals surface area contributed by atoms with Crippen LogP contribution in [0.1, 0.15) is 48.0 Å². The van der Waals surface area contributed by atoms with Gasteiger partial charge in [-0.3, -0.25) is 9.59 Å². The van der Waals surface area contributed by atoms with Gasteiger partial charge in [0.25, 0.3) is 0 Å². The largest absolute Gasteiger partial charge is 0.480 e. The first-order valence-electron chi connectivity index (χ1n) is 8.65. The van der Waals surface area contributed by atoms with Gasteiger partial charge in [-0.05, 0) is 43.1 Å². The number of nitrogens with one attached hydrogen (secondary N) is 1. The van der Waals surface area contributed by atoms with Gasteiger partial charge in [-0.25, -0.2) is 4.79 Å². The second-order valence-electron chi connectivity index (χ2n) is 7.91. The molecule has 1 aliphatic carbocycles. The highest BCUT2D eigenvalue weighted by Crippen LogP contribution is 2.44. The van der Waals surface area contributed by atoms with Crippen molar-refractivity contribution in [1.82, 2.24) is 5.32 Å². The van der Waals surface area contributed by atoms with Crippen molar-refractivity contribution in [2.45, 2.75) is 59.6 Å². The second-order valence-corrected chi connectivity index (χ2v) is 7.91. The van der Waals surface area contributed by atoms with E-state index in [-0.39, 0.29) is 18.1 Å². The molecule has 0 unspecified atom stereocenters. The number of amides is 1. The summed E-state index contributed by atoms with van der Waals surface area (Å²) in [6.45, 7) is 10.5. The van der Waals surface area contributed by atoms with E-state index in [1.807, 2.05) is 13.8 Å². The van der Waals surface area contributed by atoms with Crippen molar-refractivity contribution in [1.29, 1.82) is 0 Å². The highest BCUT2D eigenvalue weighted by Gasteiger charge is 2.46. The minimum Gasteiger partial charge on any atom is -0.480 e. The monoisotopic (exact) mass is 363 g/mol. The summed E-state index contributed by atoms with van der Waals surface area (Å²) in [7, 11) is 0. The lowest BCUT2D eigenvalue weighted by molar-refractivity contribution is -0.142. The molecule has 3 N–H and O–H groups in total. The zero-order valence-corrected chi connectivity index (χ0v) is 16.3. The lowest BCUT2D eigenvalue weighted by atomic mass is 9.64. The predicted molar refractivity (Wildman–Crippen MR) is 99.4 cm³/mol. The Labute approximate surface area is 154 Å². The van der Waals surface area contributed by atoms with Gasteiger partial charge in [-0.1, -0.05) is 33.8 Å². The second kappa shape index (κ2) is 7.99. The Balaban J connectivity index is 2.98. The number of aliphatic hydroxyl groups is 1. The molecule has 0 aromatic heterocycles. The molecule has 0 aromatic carbocycles. The van der Waals surface area contributed by atoms with Crippen molar-refractivity contribution in [2.75, 3.05) is 0 Å². The van der Waals surface area contributed by atoms with Crippen LogP contribution in [0.4, 0.5) is 0 Å². The summed E-state index contributed by atoms with van der Waals surface area (Å²) >= 11 is 0. The van der Waals surface area contributed by atoms with E-state index in [0.29, 0.717) is 11.1 Å². The first-order chi connectivity index (χ1) is 11.8. The van der Waals surface area contributed by atoms with Crippen molar-refractivity contribution in [3.8, 4) is 0 Å². The lowest BCUT2D eigenvalue weighted by Gasteiger charge is -2.44. The van der Waals surface area contributed by atoms with Crippen LogP contribution in [-0.2, 0) is 14.4 Å². The summed E-state index contributed by atoms with van der Waals surface area (Å²) in [5, 5.41) is 22.6. The van der Waals surface area contributed by atoms with Crippen LogP contribution in [0.15, 0.2) is 35.5 Å². The molecule has 2 atom stereocenters. The number of carboxylic acid groups (broad SMARTS) is 1. The number of rotatable bonds is 6. The van der Waals surface area contributed by atoms with Crippen molar-refractivity contribution < 1.29 is 24.6 Å². The Morgan fingerprint density at radius 3 is 2.35 bits per heavy atom. The van der Waals surface area contributed by atoms with E-state index in [2.05, 4.69) is 5.32 Å². The van der Waals surface area contributed by atoms with Crippen LogP contribution in [0.2, 0.25) is 0 Å². The Hall–Kier alpha value is -2.21. The molecule has 0 saturated carbocycles. The number of carbonyl (C=O) groups is 3. The molecule has 1 rings (SSSR count). The molecule has 0 bridgehead atoms.